The summed E-state index contributed by atoms with van der Waals surface area (Å²) in [5.74, 6) is 0.185. The van der Waals surface area contributed by atoms with Crippen LogP contribution in [0.15, 0.2) is 53.4 Å². The molecule has 0 amide bonds. The van der Waals surface area contributed by atoms with Gasteiger partial charge in [-0.2, -0.15) is 0 Å². The van der Waals surface area contributed by atoms with Crippen molar-refractivity contribution >= 4 is 29.1 Å². The molecule has 0 unspecified atom stereocenters. The molecular formula is C16H15ClOS. The fraction of sp³-hybridized carbons (Fsp3) is 0.188. The molecule has 0 bridgehead atoms. The molecule has 0 saturated heterocycles. The SMILES string of the molecule is CSc1ccccc1C(=O)CCc1cccc(Cl)c1. The Balaban J connectivity index is 2.05. The zero-order valence-electron chi connectivity index (χ0n) is 10.7. The number of aryl methyl sites for hydroxylation is 1. The lowest BCUT2D eigenvalue weighted by molar-refractivity contribution is 0.0980. The van der Waals surface area contributed by atoms with Crippen LogP contribution in [0.1, 0.15) is 22.3 Å². The van der Waals surface area contributed by atoms with Gasteiger partial charge in [0, 0.05) is 21.9 Å². The van der Waals surface area contributed by atoms with Crippen molar-refractivity contribution in [1.82, 2.24) is 0 Å². The number of hydrogen-bond donors (Lipinski definition) is 0. The molecule has 1 nitrogen and oxygen atoms in total. The molecule has 0 spiro atoms. The third kappa shape index (κ3) is 3.85. The van der Waals surface area contributed by atoms with Crippen LogP contribution in [0, 0.1) is 0 Å². The molecule has 2 aromatic rings. The second kappa shape index (κ2) is 6.78. The molecule has 0 aromatic heterocycles. The van der Waals surface area contributed by atoms with E-state index in [0.29, 0.717) is 6.42 Å². The van der Waals surface area contributed by atoms with Gasteiger partial charge in [0.05, 0.1) is 0 Å². The van der Waals surface area contributed by atoms with E-state index in [4.69, 9.17) is 11.6 Å². The minimum absolute atomic E-state index is 0.185. The Labute approximate surface area is 123 Å². The summed E-state index contributed by atoms with van der Waals surface area (Å²) in [4.78, 5) is 13.3. The predicted octanol–water partition coefficient (Wildman–Crippen LogP) is 4.88. The second-order valence-corrected chi connectivity index (χ2v) is 5.54. The van der Waals surface area contributed by atoms with Gasteiger partial charge in [0.2, 0.25) is 0 Å². The zero-order valence-corrected chi connectivity index (χ0v) is 12.3. The van der Waals surface area contributed by atoms with E-state index in [1.807, 2.05) is 54.8 Å². The van der Waals surface area contributed by atoms with Crippen LogP contribution in [0.2, 0.25) is 5.02 Å². The Morgan fingerprint density at radius 1 is 1.16 bits per heavy atom. The first-order valence-electron chi connectivity index (χ1n) is 6.11. The van der Waals surface area contributed by atoms with Crippen molar-refractivity contribution in [3.63, 3.8) is 0 Å². The van der Waals surface area contributed by atoms with E-state index in [2.05, 4.69) is 0 Å². The molecule has 0 aliphatic heterocycles. The van der Waals surface area contributed by atoms with Crippen molar-refractivity contribution in [1.29, 1.82) is 0 Å². The van der Waals surface area contributed by atoms with E-state index in [9.17, 15) is 4.79 Å². The average Bonchev–Trinajstić information content (AvgIpc) is 2.45. The van der Waals surface area contributed by atoms with Crippen LogP contribution in [0.25, 0.3) is 0 Å². The van der Waals surface area contributed by atoms with Gasteiger partial charge in [-0.15, -0.1) is 11.8 Å². The lowest BCUT2D eigenvalue weighted by atomic mass is 10.0. The van der Waals surface area contributed by atoms with Gasteiger partial charge in [0.25, 0.3) is 0 Å². The average molecular weight is 291 g/mol. The Morgan fingerprint density at radius 3 is 2.68 bits per heavy atom. The fourth-order valence-electron chi connectivity index (χ4n) is 1.96. The minimum Gasteiger partial charge on any atom is -0.294 e. The van der Waals surface area contributed by atoms with Gasteiger partial charge >= 0.3 is 0 Å². The topological polar surface area (TPSA) is 17.1 Å². The third-order valence-corrected chi connectivity index (χ3v) is 3.97. The highest BCUT2D eigenvalue weighted by Crippen LogP contribution is 2.22. The maximum Gasteiger partial charge on any atom is 0.164 e. The number of benzene rings is 2. The van der Waals surface area contributed by atoms with E-state index in [-0.39, 0.29) is 5.78 Å². The highest BCUT2D eigenvalue weighted by molar-refractivity contribution is 7.98. The van der Waals surface area contributed by atoms with Crippen LogP contribution in [-0.4, -0.2) is 12.0 Å². The van der Waals surface area contributed by atoms with Gasteiger partial charge in [-0.05, 0) is 36.4 Å². The lowest BCUT2D eigenvalue weighted by Crippen LogP contribution is -2.02. The van der Waals surface area contributed by atoms with Crippen LogP contribution in [-0.2, 0) is 6.42 Å². The Hall–Kier alpha value is -1.25. The largest absolute Gasteiger partial charge is 0.294 e. The molecule has 0 aliphatic rings. The summed E-state index contributed by atoms with van der Waals surface area (Å²) in [6.07, 6.45) is 3.23. The van der Waals surface area contributed by atoms with E-state index in [1.165, 1.54) is 0 Å². The quantitative estimate of drug-likeness (QED) is 0.577. The van der Waals surface area contributed by atoms with Crippen LogP contribution in [0.3, 0.4) is 0 Å². The number of carbonyl (C=O) groups is 1. The van der Waals surface area contributed by atoms with Crippen LogP contribution < -0.4 is 0 Å². The molecule has 2 aromatic carbocycles. The van der Waals surface area contributed by atoms with Crippen LogP contribution >= 0.6 is 23.4 Å². The molecule has 0 aliphatic carbocycles. The first kappa shape index (κ1) is 14.2. The Bertz CT molecular complexity index is 580. The zero-order chi connectivity index (χ0) is 13.7. The summed E-state index contributed by atoms with van der Waals surface area (Å²) in [5.41, 5.74) is 1.92. The molecule has 0 N–H and O–H groups in total. The molecule has 3 heteroatoms. The first-order chi connectivity index (χ1) is 9.20. The number of hydrogen-bond acceptors (Lipinski definition) is 2. The molecule has 2 rings (SSSR count). The Kier molecular flexibility index (Phi) is 5.06. The van der Waals surface area contributed by atoms with Crippen molar-refractivity contribution in [2.24, 2.45) is 0 Å². The second-order valence-electron chi connectivity index (χ2n) is 4.25. The summed E-state index contributed by atoms with van der Waals surface area (Å²) in [6, 6.07) is 15.4. The maximum absolute atomic E-state index is 12.2. The number of rotatable bonds is 5. The van der Waals surface area contributed by atoms with Gasteiger partial charge in [-0.3, -0.25) is 4.79 Å². The number of halogens is 1. The molecule has 0 radical (unpaired) electrons. The van der Waals surface area contributed by atoms with Gasteiger partial charge in [-0.1, -0.05) is 41.9 Å². The summed E-state index contributed by atoms with van der Waals surface area (Å²) in [7, 11) is 0. The fourth-order valence-corrected chi connectivity index (χ4v) is 2.79. The number of thioether (sulfide) groups is 1. The molecular weight excluding hydrogens is 276 g/mol. The molecule has 0 fully saturated rings. The molecule has 0 saturated carbocycles. The summed E-state index contributed by atoms with van der Waals surface area (Å²) >= 11 is 7.54. The highest BCUT2D eigenvalue weighted by atomic mass is 35.5. The van der Waals surface area contributed by atoms with Gasteiger partial charge < -0.3 is 0 Å². The number of Topliss-reactive ketones (excluding diaryl/α,β-unsaturated/α-hetero) is 1. The normalized spacial score (nSPS) is 10.4. The summed E-state index contributed by atoms with van der Waals surface area (Å²) in [5, 5.41) is 0.717. The van der Waals surface area contributed by atoms with Crippen molar-refractivity contribution < 1.29 is 4.79 Å². The predicted molar refractivity (Wildman–Crippen MR) is 82.3 cm³/mol. The maximum atomic E-state index is 12.2. The highest BCUT2D eigenvalue weighted by Gasteiger charge is 2.10. The minimum atomic E-state index is 0.185. The number of carbonyl (C=O) groups excluding carboxylic acids is 1. The molecule has 0 heterocycles. The Morgan fingerprint density at radius 2 is 1.95 bits per heavy atom. The van der Waals surface area contributed by atoms with E-state index in [0.717, 1.165) is 27.5 Å². The van der Waals surface area contributed by atoms with E-state index in [1.54, 1.807) is 11.8 Å². The first-order valence-corrected chi connectivity index (χ1v) is 7.71. The molecule has 0 atom stereocenters. The van der Waals surface area contributed by atoms with Gasteiger partial charge in [0.1, 0.15) is 0 Å². The van der Waals surface area contributed by atoms with E-state index < -0.39 is 0 Å². The van der Waals surface area contributed by atoms with Crippen molar-refractivity contribution in [2.45, 2.75) is 17.7 Å². The standard InChI is InChI=1S/C16H15ClOS/c1-19-16-8-3-2-7-14(16)15(18)10-9-12-5-4-6-13(17)11-12/h2-8,11H,9-10H2,1H3. The molecule has 19 heavy (non-hydrogen) atoms. The van der Waals surface area contributed by atoms with Crippen molar-refractivity contribution in [3.8, 4) is 0 Å². The monoisotopic (exact) mass is 290 g/mol. The number of ketones is 1. The van der Waals surface area contributed by atoms with Crippen LogP contribution in [0.5, 0.6) is 0 Å². The smallest absolute Gasteiger partial charge is 0.164 e. The summed E-state index contributed by atoms with van der Waals surface area (Å²) < 4.78 is 0. The van der Waals surface area contributed by atoms with Gasteiger partial charge in [0.15, 0.2) is 5.78 Å². The van der Waals surface area contributed by atoms with Crippen LogP contribution in [0.4, 0.5) is 0 Å². The molecule has 98 valence electrons. The lowest BCUT2D eigenvalue weighted by Gasteiger charge is -2.06. The summed E-state index contributed by atoms with van der Waals surface area (Å²) in [6.45, 7) is 0. The van der Waals surface area contributed by atoms with Crippen molar-refractivity contribution in [2.75, 3.05) is 6.26 Å². The third-order valence-electron chi connectivity index (χ3n) is 2.94. The van der Waals surface area contributed by atoms with Gasteiger partial charge in [-0.25, -0.2) is 0 Å². The van der Waals surface area contributed by atoms with E-state index >= 15 is 0 Å². The van der Waals surface area contributed by atoms with Crippen molar-refractivity contribution in [3.05, 3.63) is 64.7 Å².